The topological polar surface area (TPSA) is 65.2 Å². The van der Waals surface area contributed by atoms with Gasteiger partial charge in [0.1, 0.15) is 11.5 Å². The SMILES string of the molecule is CC(=O)C(c1nc(C2Cc3ccccc3O2)no1)C(C)C. The van der Waals surface area contributed by atoms with E-state index in [0.717, 1.165) is 17.7 Å². The van der Waals surface area contributed by atoms with E-state index < -0.39 is 0 Å². The molecule has 0 saturated carbocycles. The van der Waals surface area contributed by atoms with E-state index in [9.17, 15) is 4.79 Å². The van der Waals surface area contributed by atoms with Crippen molar-refractivity contribution in [3.63, 3.8) is 0 Å². The third-order valence-corrected chi connectivity index (χ3v) is 3.76. The van der Waals surface area contributed by atoms with E-state index in [-0.39, 0.29) is 23.7 Å². The first kappa shape index (κ1) is 13.8. The minimum absolute atomic E-state index is 0.0378. The number of ketones is 1. The first-order chi connectivity index (χ1) is 10.1. The number of nitrogens with zero attached hydrogens (tertiary/aromatic N) is 2. The second-order valence-electron chi connectivity index (χ2n) is 5.74. The van der Waals surface area contributed by atoms with Crippen LogP contribution in [0.3, 0.4) is 0 Å². The summed E-state index contributed by atoms with van der Waals surface area (Å²) in [5.41, 5.74) is 1.14. The zero-order chi connectivity index (χ0) is 15.0. The largest absolute Gasteiger partial charge is 0.482 e. The van der Waals surface area contributed by atoms with Gasteiger partial charge in [-0.1, -0.05) is 37.2 Å². The Labute approximate surface area is 123 Å². The van der Waals surface area contributed by atoms with Gasteiger partial charge in [-0.3, -0.25) is 4.79 Å². The monoisotopic (exact) mass is 286 g/mol. The van der Waals surface area contributed by atoms with E-state index in [1.165, 1.54) is 0 Å². The molecule has 0 bridgehead atoms. The van der Waals surface area contributed by atoms with Crippen LogP contribution < -0.4 is 4.74 Å². The van der Waals surface area contributed by atoms with E-state index in [0.29, 0.717) is 11.7 Å². The number of rotatable bonds is 4. The number of carbonyl (C=O) groups is 1. The maximum Gasteiger partial charge on any atom is 0.237 e. The third-order valence-electron chi connectivity index (χ3n) is 3.76. The van der Waals surface area contributed by atoms with Crippen LogP contribution >= 0.6 is 0 Å². The Bertz CT molecular complexity index is 638. The van der Waals surface area contributed by atoms with Crippen molar-refractivity contribution in [2.24, 2.45) is 5.92 Å². The summed E-state index contributed by atoms with van der Waals surface area (Å²) < 4.78 is 11.1. The minimum atomic E-state index is -0.352. The molecule has 1 aliphatic heterocycles. The molecule has 0 aliphatic carbocycles. The lowest BCUT2D eigenvalue weighted by Gasteiger charge is -2.12. The molecular weight excluding hydrogens is 268 g/mol. The van der Waals surface area contributed by atoms with Gasteiger partial charge in [-0.2, -0.15) is 4.98 Å². The molecule has 2 atom stereocenters. The van der Waals surface area contributed by atoms with Crippen LogP contribution in [0.1, 0.15) is 50.1 Å². The summed E-state index contributed by atoms with van der Waals surface area (Å²) in [7, 11) is 0. The van der Waals surface area contributed by atoms with E-state index in [4.69, 9.17) is 9.26 Å². The van der Waals surface area contributed by atoms with Gasteiger partial charge >= 0.3 is 0 Å². The fourth-order valence-corrected chi connectivity index (χ4v) is 2.76. The first-order valence-electron chi connectivity index (χ1n) is 7.14. The summed E-state index contributed by atoms with van der Waals surface area (Å²) in [5, 5.41) is 4.00. The predicted octanol–water partition coefficient (Wildman–Crippen LogP) is 3.07. The normalized spacial score (nSPS) is 18.4. The van der Waals surface area contributed by atoms with Crippen molar-refractivity contribution in [3.8, 4) is 5.75 Å². The molecule has 1 aromatic carbocycles. The molecule has 0 amide bonds. The van der Waals surface area contributed by atoms with Crippen molar-refractivity contribution in [2.45, 2.75) is 39.2 Å². The molecule has 21 heavy (non-hydrogen) atoms. The smallest absolute Gasteiger partial charge is 0.237 e. The molecular formula is C16H18N2O3. The van der Waals surface area contributed by atoms with Crippen molar-refractivity contribution in [1.82, 2.24) is 10.1 Å². The van der Waals surface area contributed by atoms with Crippen LogP contribution in [0.4, 0.5) is 0 Å². The Hall–Kier alpha value is -2.17. The fourth-order valence-electron chi connectivity index (χ4n) is 2.76. The van der Waals surface area contributed by atoms with Gasteiger partial charge in [-0.05, 0) is 24.5 Å². The molecule has 2 unspecified atom stereocenters. The van der Waals surface area contributed by atoms with Crippen LogP contribution in [-0.2, 0) is 11.2 Å². The fraction of sp³-hybridized carbons (Fsp3) is 0.438. The maximum absolute atomic E-state index is 11.7. The van der Waals surface area contributed by atoms with Crippen LogP contribution in [0.25, 0.3) is 0 Å². The van der Waals surface area contributed by atoms with Crippen LogP contribution in [-0.4, -0.2) is 15.9 Å². The molecule has 0 fully saturated rings. The summed E-state index contributed by atoms with van der Waals surface area (Å²) in [6, 6.07) is 7.88. The number of Topliss-reactive ketones (excluding diaryl/α,β-unsaturated/α-hetero) is 1. The second kappa shape index (κ2) is 5.31. The Balaban J connectivity index is 1.82. The second-order valence-corrected chi connectivity index (χ2v) is 5.74. The predicted molar refractivity (Wildman–Crippen MR) is 76.1 cm³/mol. The standard InChI is InChI=1S/C16H18N2O3/c1-9(2)14(10(3)19)16-17-15(18-21-16)13-8-11-6-4-5-7-12(11)20-13/h4-7,9,13-14H,8H2,1-3H3. The molecule has 5 heteroatoms. The third kappa shape index (κ3) is 2.55. The lowest BCUT2D eigenvalue weighted by atomic mass is 9.92. The number of ether oxygens (including phenoxy) is 1. The molecule has 5 nitrogen and oxygen atoms in total. The van der Waals surface area contributed by atoms with Crippen molar-refractivity contribution < 1.29 is 14.1 Å². The minimum Gasteiger partial charge on any atom is -0.482 e. The molecule has 2 aromatic rings. The molecule has 2 heterocycles. The van der Waals surface area contributed by atoms with Gasteiger partial charge in [0.15, 0.2) is 6.10 Å². The zero-order valence-electron chi connectivity index (χ0n) is 12.4. The highest BCUT2D eigenvalue weighted by atomic mass is 16.5. The van der Waals surface area contributed by atoms with Crippen molar-refractivity contribution in [3.05, 3.63) is 41.5 Å². The quantitative estimate of drug-likeness (QED) is 0.864. The lowest BCUT2D eigenvalue weighted by Crippen LogP contribution is -2.16. The number of para-hydroxylation sites is 1. The van der Waals surface area contributed by atoms with Crippen LogP contribution in [0, 0.1) is 5.92 Å². The molecule has 0 saturated heterocycles. The zero-order valence-corrected chi connectivity index (χ0v) is 12.4. The Morgan fingerprint density at radius 3 is 2.76 bits per heavy atom. The van der Waals surface area contributed by atoms with Gasteiger partial charge in [0.05, 0.1) is 5.92 Å². The Morgan fingerprint density at radius 1 is 1.33 bits per heavy atom. The summed E-state index contributed by atoms with van der Waals surface area (Å²) in [6.07, 6.45) is 0.487. The molecule has 3 rings (SSSR count). The summed E-state index contributed by atoms with van der Waals surface area (Å²) in [6.45, 7) is 5.49. The van der Waals surface area contributed by atoms with Crippen molar-refractivity contribution >= 4 is 5.78 Å². The van der Waals surface area contributed by atoms with Gasteiger partial charge in [0.2, 0.25) is 11.7 Å². The van der Waals surface area contributed by atoms with Gasteiger partial charge in [-0.15, -0.1) is 0 Å². The highest BCUT2D eigenvalue weighted by molar-refractivity contribution is 5.82. The molecule has 0 N–H and O–H groups in total. The van der Waals surface area contributed by atoms with Crippen LogP contribution in [0.2, 0.25) is 0 Å². The number of aromatic nitrogens is 2. The van der Waals surface area contributed by atoms with Gasteiger partial charge < -0.3 is 9.26 Å². The molecule has 1 aliphatic rings. The van der Waals surface area contributed by atoms with Gasteiger partial charge in [0.25, 0.3) is 0 Å². The highest BCUT2D eigenvalue weighted by Crippen LogP contribution is 2.36. The first-order valence-corrected chi connectivity index (χ1v) is 7.14. The van der Waals surface area contributed by atoms with Crippen molar-refractivity contribution in [1.29, 1.82) is 0 Å². The summed E-state index contributed by atoms with van der Waals surface area (Å²) >= 11 is 0. The average Bonchev–Trinajstić information content (AvgIpc) is 3.03. The highest BCUT2D eigenvalue weighted by Gasteiger charge is 2.32. The van der Waals surface area contributed by atoms with Crippen LogP contribution in [0.5, 0.6) is 5.75 Å². The Kier molecular flexibility index (Phi) is 3.49. The maximum atomic E-state index is 11.7. The molecule has 0 radical (unpaired) electrons. The molecule has 110 valence electrons. The lowest BCUT2D eigenvalue weighted by molar-refractivity contribution is -0.119. The van der Waals surface area contributed by atoms with E-state index in [1.54, 1.807) is 6.92 Å². The van der Waals surface area contributed by atoms with E-state index in [2.05, 4.69) is 10.1 Å². The number of carbonyl (C=O) groups excluding carboxylic acids is 1. The average molecular weight is 286 g/mol. The van der Waals surface area contributed by atoms with Crippen LogP contribution in [0.15, 0.2) is 28.8 Å². The van der Waals surface area contributed by atoms with Crippen molar-refractivity contribution in [2.75, 3.05) is 0 Å². The van der Waals surface area contributed by atoms with Gasteiger partial charge in [-0.25, -0.2) is 0 Å². The van der Waals surface area contributed by atoms with Gasteiger partial charge in [0, 0.05) is 6.42 Å². The van der Waals surface area contributed by atoms with E-state index in [1.807, 2.05) is 38.1 Å². The number of hydrogen-bond acceptors (Lipinski definition) is 5. The molecule has 0 spiro atoms. The number of hydrogen-bond donors (Lipinski definition) is 0. The number of fused-ring (bicyclic) bond motifs is 1. The summed E-state index contributed by atoms with van der Waals surface area (Å²) in [5.74, 6) is 1.56. The summed E-state index contributed by atoms with van der Waals surface area (Å²) in [4.78, 5) is 16.1. The molecule has 1 aromatic heterocycles. The van der Waals surface area contributed by atoms with E-state index >= 15 is 0 Å². The Morgan fingerprint density at radius 2 is 2.10 bits per heavy atom. The number of benzene rings is 1.